The lowest BCUT2D eigenvalue weighted by molar-refractivity contribution is -0.140. The van der Waals surface area contributed by atoms with Gasteiger partial charge in [0, 0.05) is 18.4 Å². The topological polar surface area (TPSA) is 43.4 Å². The average Bonchev–Trinajstić information content (AvgIpc) is 2.34. The highest BCUT2D eigenvalue weighted by Gasteiger charge is 2.10. The molecule has 0 radical (unpaired) electrons. The molecule has 0 amide bonds. The maximum atomic E-state index is 12.9. The van der Waals surface area contributed by atoms with Gasteiger partial charge in [-0.25, -0.2) is 4.39 Å². The minimum absolute atomic E-state index is 0.0163. The van der Waals surface area contributed by atoms with E-state index in [9.17, 15) is 14.0 Å². The molecule has 0 unspecified atom stereocenters. The number of Topliss-reactive ketones (excluding diaryl/α,β-unsaturated/α-hetero) is 1. The number of hydrogen-bond donors (Lipinski definition) is 0. The number of unbranched alkanes of at least 4 members (excludes halogenated alkanes) is 1. The summed E-state index contributed by atoms with van der Waals surface area (Å²) in [5.74, 6) is -0.618. The van der Waals surface area contributed by atoms with E-state index in [1.165, 1.54) is 25.3 Å². The molecular formula is C14H17FO3. The Morgan fingerprint density at radius 2 is 1.89 bits per heavy atom. The van der Waals surface area contributed by atoms with Crippen LogP contribution in [-0.2, 0) is 9.53 Å². The molecule has 0 bridgehead atoms. The van der Waals surface area contributed by atoms with Crippen LogP contribution in [0.1, 0.15) is 41.6 Å². The highest BCUT2D eigenvalue weighted by Crippen LogP contribution is 2.14. The van der Waals surface area contributed by atoms with Crippen molar-refractivity contribution in [3.05, 3.63) is 35.1 Å². The predicted molar refractivity (Wildman–Crippen MR) is 66.0 cm³/mol. The van der Waals surface area contributed by atoms with E-state index in [1.54, 1.807) is 6.92 Å². The number of ketones is 1. The van der Waals surface area contributed by atoms with Crippen molar-refractivity contribution in [1.82, 2.24) is 0 Å². The van der Waals surface area contributed by atoms with E-state index in [0.717, 1.165) is 0 Å². The third kappa shape index (κ3) is 4.28. The zero-order valence-corrected chi connectivity index (χ0v) is 10.7. The molecular weight excluding hydrogens is 235 g/mol. The fourth-order valence-corrected chi connectivity index (χ4v) is 1.73. The van der Waals surface area contributed by atoms with Crippen LogP contribution < -0.4 is 0 Å². The monoisotopic (exact) mass is 252 g/mol. The standard InChI is InChI=1S/C14H17FO3/c1-10-9-11(15)7-8-12(10)13(16)5-3-4-6-14(17)18-2/h7-9H,3-6H2,1-2H3. The van der Waals surface area contributed by atoms with Gasteiger partial charge in [0.25, 0.3) is 0 Å². The first-order chi connectivity index (χ1) is 8.54. The van der Waals surface area contributed by atoms with Crippen molar-refractivity contribution in [3.8, 4) is 0 Å². The Bertz CT molecular complexity index is 441. The predicted octanol–water partition coefficient (Wildman–Crippen LogP) is 3.05. The van der Waals surface area contributed by atoms with E-state index < -0.39 is 0 Å². The molecule has 1 aromatic rings. The molecule has 4 heteroatoms. The van der Waals surface area contributed by atoms with Crippen molar-refractivity contribution in [2.24, 2.45) is 0 Å². The van der Waals surface area contributed by atoms with Gasteiger partial charge < -0.3 is 4.74 Å². The van der Waals surface area contributed by atoms with Crippen LogP contribution >= 0.6 is 0 Å². The van der Waals surface area contributed by atoms with Gasteiger partial charge in [-0.05, 0) is 43.5 Å². The number of esters is 1. The maximum Gasteiger partial charge on any atom is 0.305 e. The van der Waals surface area contributed by atoms with Crippen molar-refractivity contribution < 1.29 is 18.7 Å². The number of carbonyl (C=O) groups is 2. The fourth-order valence-electron chi connectivity index (χ4n) is 1.73. The zero-order valence-electron chi connectivity index (χ0n) is 10.7. The van der Waals surface area contributed by atoms with Crippen molar-refractivity contribution in [3.63, 3.8) is 0 Å². The maximum absolute atomic E-state index is 12.9. The van der Waals surface area contributed by atoms with Gasteiger partial charge in [-0.1, -0.05) is 0 Å². The van der Waals surface area contributed by atoms with Crippen LogP contribution in [0.15, 0.2) is 18.2 Å². The van der Waals surface area contributed by atoms with Crippen LogP contribution in [0.25, 0.3) is 0 Å². The van der Waals surface area contributed by atoms with Gasteiger partial charge in [0.15, 0.2) is 5.78 Å². The quantitative estimate of drug-likeness (QED) is 0.444. The molecule has 1 rings (SSSR count). The van der Waals surface area contributed by atoms with Crippen LogP contribution in [-0.4, -0.2) is 18.9 Å². The molecule has 98 valence electrons. The summed E-state index contributed by atoms with van der Waals surface area (Å²) in [6, 6.07) is 4.14. The van der Waals surface area contributed by atoms with Gasteiger partial charge in [0.1, 0.15) is 5.82 Å². The first-order valence-electron chi connectivity index (χ1n) is 5.90. The third-order valence-corrected chi connectivity index (χ3v) is 2.75. The molecule has 0 fully saturated rings. The van der Waals surface area contributed by atoms with Crippen molar-refractivity contribution in [2.45, 2.75) is 32.6 Å². The molecule has 0 aromatic heterocycles. The van der Waals surface area contributed by atoms with E-state index in [4.69, 9.17) is 0 Å². The van der Waals surface area contributed by atoms with Gasteiger partial charge in [-0.2, -0.15) is 0 Å². The minimum Gasteiger partial charge on any atom is -0.469 e. The number of rotatable bonds is 6. The van der Waals surface area contributed by atoms with E-state index >= 15 is 0 Å². The fraction of sp³-hybridized carbons (Fsp3) is 0.429. The summed E-state index contributed by atoms with van der Waals surface area (Å²) in [7, 11) is 1.34. The highest BCUT2D eigenvalue weighted by atomic mass is 19.1. The summed E-state index contributed by atoms with van der Waals surface area (Å²) in [6.45, 7) is 1.71. The number of hydrogen-bond acceptors (Lipinski definition) is 3. The molecule has 0 aliphatic rings. The largest absolute Gasteiger partial charge is 0.469 e. The summed E-state index contributed by atoms with van der Waals surface area (Å²) >= 11 is 0. The molecule has 0 heterocycles. The highest BCUT2D eigenvalue weighted by molar-refractivity contribution is 5.97. The van der Waals surface area contributed by atoms with Gasteiger partial charge >= 0.3 is 5.97 Å². The van der Waals surface area contributed by atoms with E-state index in [-0.39, 0.29) is 17.6 Å². The summed E-state index contributed by atoms with van der Waals surface area (Å²) in [6.07, 6.45) is 1.94. The molecule has 0 N–H and O–H groups in total. The normalized spacial score (nSPS) is 10.2. The van der Waals surface area contributed by atoms with Crippen molar-refractivity contribution >= 4 is 11.8 Å². The Hall–Kier alpha value is -1.71. The number of halogens is 1. The Morgan fingerprint density at radius 1 is 1.22 bits per heavy atom. The molecule has 0 aliphatic carbocycles. The Labute approximate surface area is 106 Å². The number of benzene rings is 1. The van der Waals surface area contributed by atoms with Crippen LogP contribution in [0.5, 0.6) is 0 Å². The van der Waals surface area contributed by atoms with Crippen molar-refractivity contribution in [2.75, 3.05) is 7.11 Å². The van der Waals surface area contributed by atoms with Gasteiger partial charge in [0.2, 0.25) is 0 Å². The molecule has 0 spiro atoms. The average molecular weight is 252 g/mol. The molecule has 0 saturated carbocycles. The second-order valence-electron chi connectivity index (χ2n) is 4.17. The van der Waals surface area contributed by atoms with Crippen molar-refractivity contribution in [1.29, 1.82) is 0 Å². The summed E-state index contributed by atoms with van der Waals surface area (Å²) in [4.78, 5) is 22.7. The second kappa shape index (κ2) is 6.89. The number of methoxy groups -OCH3 is 1. The lowest BCUT2D eigenvalue weighted by Gasteiger charge is -2.05. The lowest BCUT2D eigenvalue weighted by Crippen LogP contribution is -2.04. The first-order valence-corrected chi connectivity index (χ1v) is 5.90. The van der Waals surface area contributed by atoms with E-state index in [0.29, 0.717) is 36.8 Å². The Kier molecular flexibility index (Phi) is 5.49. The molecule has 0 atom stereocenters. The number of carbonyl (C=O) groups excluding carboxylic acids is 2. The molecule has 1 aromatic carbocycles. The molecule has 3 nitrogen and oxygen atoms in total. The summed E-state index contributed by atoms with van der Waals surface area (Å²) < 4.78 is 17.4. The van der Waals surface area contributed by atoms with Crippen LogP contribution in [0.3, 0.4) is 0 Å². The SMILES string of the molecule is COC(=O)CCCCC(=O)c1ccc(F)cc1C. The summed E-state index contributed by atoms with van der Waals surface area (Å²) in [5, 5.41) is 0. The van der Waals surface area contributed by atoms with E-state index in [1.807, 2.05) is 0 Å². The molecule has 0 aliphatic heterocycles. The second-order valence-corrected chi connectivity index (χ2v) is 4.17. The smallest absolute Gasteiger partial charge is 0.305 e. The van der Waals surface area contributed by atoms with E-state index in [2.05, 4.69) is 4.74 Å². The van der Waals surface area contributed by atoms with Gasteiger partial charge in [0.05, 0.1) is 7.11 Å². The minimum atomic E-state index is -0.338. The van der Waals surface area contributed by atoms with Gasteiger partial charge in [-0.15, -0.1) is 0 Å². The third-order valence-electron chi connectivity index (χ3n) is 2.75. The van der Waals surface area contributed by atoms with Gasteiger partial charge in [-0.3, -0.25) is 9.59 Å². The lowest BCUT2D eigenvalue weighted by atomic mass is 10.0. The van der Waals surface area contributed by atoms with Crippen LogP contribution in [0, 0.1) is 12.7 Å². The molecule has 0 saturated heterocycles. The first kappa shape index (κ1) is 14.4. The Morgan fingerprint density at radius 3 is 2.50 bits per heavy atom. The zero-order chi connectivity index (χ0) is 13.5. The number of aryl methyl sites for hydroxylation is 1. The van der Waals surface area contributed by atoms with Crippen LogP contribution in [0.4, 0.5) is 4.39 Å². The number of ether oxygens (including phenoxy) is 1. The molecule has 18 heavy (non-hydrogen) atoms. The summed E-state index contributed by atoms with van der Waals surface area (Å²) in [5.41, 5.74) is 1.20. The van der Waals surface area contributed by atoms with Crippen LogP contribution in [0.2, 0.25) is 0 Å². The Balaban J connectivity index is 2.43.